The van der Waals surface area contributed by atoms with E-state index in [9.17, 15) is 0 Å². The number of fused-ring (bicyclic) bond motifs is 1. The van der Waals surface area contributed by atoms with Crippen LogP contribution in [0.1, 0.15) is 31.7 Å². The summed E-state index contributed by atoms with van der Waals surface area (Å²) in [6.07, 6.45) is 2.89. The first-order valence-electron chi connectivity index (χ1n) is 6.55. The van der Waals surface area contributed by atoms with E-state index >= 15 is 0 Å². The van der Waals surface area contributed by atoms with Crippen LogP contribution in [0.5, 0.6) is 5.75 Å². The molecule has 19 heavy (non-hydrogen) atoms. The van der Waals surface area contributed by atoms with Gasteiger partial charge in [-0.1, -0.05) is 25.4 Å². The molecule has 0 fully saturated rings. The first-order valence-corrected chi connectivity index (χ1v) is 6.93. The Morgan fingerprint density at radius 2 is 2.11 bits per heavy atom. The highest BCUT2D eigenvalue weighted by Gasteiger charge is 2.14. The van der Waals surface area contributed by atoms with Gasteiger partial charge in [-0.25, -0.2) is 0 Å². The Hall–Kier alpha value is -1.19. The van der Waals surface area contributed by atoms with Crippen molar-refractivity contribution in [1.82, 2.24) is 4.57 Å². The maximum Gasteiger partial charge on any atom is 0.138 e. The summed E-state index contributed by atoms with van der Waals surface area (Å²) in [6, 6.07) is 3.95. The second-order valence-corrected chi connectivity index (χ2v) is 5.42. The molecule has 1 aromatic carbocycles. The summed E-state index contributed by atoms with van der Waals surface area (Å²) < 4.78 is 7.46. The summed E-state index contributed by atoms with van der Waals surface area (Å²) in [5.74, 6) is 1.14. The second kappa shape index (κ2) is 5.85. The summed E-state index contributed by atoms with van der Waals surface area (Å²) in [7, 11) is 1.63. The summed E-state index contributed by atoms with van der Waals surface area (Å²) in [5.41, 5.74) is 2.38. The maximum atomic E-state index is 8.99. The molecule has 0 amide bonds. The van der Waals surface area contributed by atoms with Gasteiger partial charge in [0.15, 0.2) is 0 Å². The van der Waals surface area contributed by atoms with Crippen LogP contribution in [0.15, 0.2) is 18.3 Å². The molecule has 0 spiro atoms. The summed E-state index contributed by atoms with van der Waals surface area (Å²) in [6.45, 7) is 5.33. The third-order valence-electron chi connectivity index (χ3n) is 3.36. The monoisotopic (exact) mass is 281 g/mol. The molecule has 4 heteroatoms. The molecule has 0 radical (unpaired) electrons. The number of halogens is 1. The van der Waals surface area contributed by atoms with Crippen molar-refractivity contribution in [3.63, 3.8) is 0 Å². The molecule has 0 saturated heterocycles. The normalized spacial score (nSPS) is 11.5. The zero-order chi connectivity index (χ0) is 14.0. The van der Waals surface area contributed by atoms with Gasteiger partial charge < -0.3 is 14.4 Å². The number of aliphatic hydroxyl groups is 1. The Bertz CT molecular complexity index is 575. The van der Waals surface area contributed by atoms with Crippen molar-refractivity contribution in [2.24, 2.45) is 0 Å². The van der Waals surface area contributed by atoms with Crippen LogP contribution in [0.3, 0.4) is 0 Å². The number of aryl methyl sites for hydroxylation is 1. The van der Waals surface area contributed by atoms with Crippen LogP contribution < -0.4 is 4.74 Å². The van der Waals surface area contributed by atoms with Crippen molar-refractivity contribution < 1.29 is 9.84 Å². The number of benzene rings is 1. The predicted octanol–water partition coefficient (Wildman–Crippen LogP) is 3.81. The minimum atomic E-state index is 0.195. The topological polar surface area (TPSA) is 34.4 Å². The third kappa shape index (κ3) is 2.72. The first-order chi connectivity index (χ1) is 9.08. The Morgan fingerprint density at radius 1 is 1.37 bits per heavy atom. The molecule has 0 bridgehead atoms. The van der Waals surface area contributed by atoms with Crippen LogP contribution in [0.4, 0.5) is 0 Å². The molecule has 2 aromatic rings. The van der Waals surface area contributed by atoms with E-state index in [2.05, 4.69) is 24.6 Å². The van der Waals surface area contributed by atoms with E-state index in [1.54, 1.807) is 7.11 Å². The van der Waals surface area contributed by atoms with Crippen molar-refractivity contribution in [2.45, 2.75) is 32.7 Å². The Morgan fingerprint density at radius 3 is 2.68 bits per heavy atom. The Balaban J connectivity index is 2.61. The smallest absolute Gasteiger partial charge is 0.138 e. The molecule has 3 nitrogen and oxygen atoms in total. The highest BCUT2D eigenvalue weighted by atomic mass is 35.5. The SMILES string of the molecule is COc1cc2c(C(C)C)cn(CCCO)c2cc1Cl. The lowest BCUT2D eigenvalue weighted by Crippen LogP contribution is -1.98. The van der Waals surface area contributed by atoms with Crippen LogP contribution in [0.25, 0.3) is 10.9 Å². The van der Waals surface area contributed by atoms with E-state index < -0.39 is 0 Å². The number of aliphatic hydroxyl groups excluding tert-OH is 1. The molecule has 1 heterocycles. The second-order valence-electron chi connectivity index (χ2n) is 5.01. The average molecular weight is 282 g/mol. The fourth-order valence-electron chi connectivity index (χ4n) is 2.36. The number of hydrogen-bond acceptors (Lipinski definition) is 2. The van der Waals surface area contributed by atoms with E-state index in [0.29, 0.717) is 16.7 Å². The first kappa shape index (κ1) is 14.2. The van der Waals surface area contributed by atoms with Gasteiger partial charge in [-0.05, 0) is 30.0 Å². The minimum absolute atomic E-state index is 0.195. The molecule has 104 valence electrons. The molecule has 2 rings (SSSR count). The highest BCUT2D eigenvalue weighted by molar-refractivity contribution is 6.32. The van der Waals surface area contributed by atoms with Gasteiger partial charge >= 0.3 is 0 Å². The van der Waals surface area contributed by atoms with Crippen LogP contribution in [0.2, 0.25) is 5.02 Å². The number of aromatic nitrogens is 1. The van der Waals surface area contributed by atoms with Gasteiger partial charge in [0.1, 0.15) is 5.75 Å². The van der Waals surface area contributed by atoms with Gasteiger partial charge in [-0.2, -0.15) is 0 Å². The Labute approximate surface area is 118 Å². The van der Waals surface area contributed by atoms with Crippen molar-refractivity contribution in [3.05, 3.63) is 28.9 Å². The lowest BCUT2D eigenvalue weighted by molar-refractivity contribution is 0.280. The van der Waals surface area contributed by atoms with E-state index in [0.717, 1.165) is 18.5 Å². The van der Waals surface area contributed by atoms with Gasteiger partial charge in [0.2, 0.25) is 0 Å². The number of nitrogens with zero attached hydrogens (tertiary/aromatic N) is 1. The quantitative estimate of drug-likeness (QED) is 0.904. The molecule has 1 N–H and O–H groups in total. The van der Waals surface area contributed by atoms with Gasteiger partial charge in [-0.3, -0.25) is 0 Å². The number of methoxy groups -OCH3 is 1. The van der Waals surface area contributed by atoms with Crippen LogP contribution in [-0.4, -0.2) is 23.4 Å². The van der Waals surface area contributed by atoms with Gasteiger partial charge in [0.25, 0.3) is 0 Å². The maximum absolute atomic E-state index is 8.99. The molecule has 0 saturated carbocycles. The third-order valence-corrected chi connectivity index (χ3v) is 3.66. The minimum Gasteiger partial charge on any atom is -0.495 e. The molecule has 0 atom stereocenters. The molecular formula is C15H20ClNO2. The summed E-state index contributed by atoms with van der Waals surface area (Å²) in [4.78, 5) is 0. The highest BCUT2D eigenvalue weighted by Crippen LogP contribution is 2.35. The molecule has 0 unspecified atom stereocenters. The zero-order valence-electron chi connectivity index (χ0n) is 11.6. The molecule has 1 aromatic heterocycles. The Kier molecular flexibility index (Phi) is 4.38. The van der Waals surface area contributed by atoms with Crippen molar-refractivity contribution in [2.75, 3.05) is 13.7 Å². The number of ether oxygens (including phenoxy) is 1. The molecule has 0 aliphatic carbocycles. The molecular weight excluding hydrogens is 262 g/mol. The van der Waals surface area contributed by atoms with Crippen molar-refractivity contribution in [1.29, 1.82) is 0 Å². The zero-order valence-corrected chi connectivity index (χ0v) is 12.4. The largest absolute Gasteiger partial charge is 0.495 e. The van der Waals surface area contributed by atoms with Crippen LogP contribution in [-0.2, 0) is 6.54 Å². The van der Waals surface area contributed by atoms with Gasteiger partial charge in [0.05, 0.1) is 17.6 Å². The summed E-state index contributed by atoms with van der Waals surface area (Å²) >= 11 is 6.21. The van der Waals surface area contributed by atoms with E-state index in [1.165, 1.54) is 10.9 Å². The lowest BCUT2D eigenvalue weighted by atomic mass is 10.0. The molecule has 0 aliphatic rings. The van der Waals surface area contributed by atoms with Gasteiger partial charge in [-0.15, -0.1) is 0 Å². The number of hydrogen-bond donors (Lipinski definition) is 1. The van der Waals surface area contributed by atoms with E-state index in [-0.39, 0.29) is 6.61 Å². The standard InChI is InChI=1S/C15H20ClNO2/c1-10(2)12-9-17(5-4-6-18)14-8-13(16)15(19-3)7-11(12)14/h7-10,18H,4-6H2,1-3H3. The van der Waals surface area contributed by atoms with Crippen LogP contribution in [0, 0.1) is 0 Å². The van der Waals surface area contributed by atoms with Gasteiger partial charge in [0, 0.05) is 24.7 Å². The van der Waals surface area contributed by atoms with E-state index in [1.807, 2.05) is 12.1 Å². The summed E-state index contributed by atoms with van der Waals surface area (Å²) in [5, 5.41) is 10.8. The fourth-order valence-corrected chi connectivity index (χ4v) is 2.60. The lowest BCUT2D eigenvalue weighted by Gasteiger charge is -2.07. The van der Waals surface area contributed by atoms with Crippen molar-refractivity contribution >= 4 is 22.5 Å². The predicted molar refractivity (Wildman–Crippen MR) is 79.3 cm³/mol. The number of rotatable bonds is 5. The van der Waals surface area contributed by atoms with Crippen molar-refractivity contribution in [3.8, 4) is 5.75 Å². The molecule has 0 aliphatic heterocycles. The van der Waals surface area contributed by atoms with Crippen LogP contribution >= 0.6 is 11.6 Å². The fraction of sp³-hybridized carbons (Fsp3) is 0.467. The van der Waals surface area contributed by atoms with E-state index in [4.69, 9.17) is 21.4 Å². The average Bonchev–Trinajstić information content (AvgIpc) is 2.73.